The summed E-state index contributed by atoms with van der Waals surface area (Å²) in [4.78, 5) is 4.03. The van der Waals surface area contributed by atoms with Crippen molar-refractivity contribution in [3.63, 3.8) is 0 Å². The summed E-state index contributed by atoms with van der Waals surface area (Å²) in [6.07, 6.45) is 4.89. The lowest BCUT2D eigenvalue weighted by Gasteiger charge is -2.11. The lowest BCUT2D eigenvalue weighted by atomic mass is 10.2. The molecule has 0 saturated heterocycles. The Morgan fingerprint density at radius 2 is 2.22 bits per heavy atom. The van der Waals surface area contributed by atoms with Crippen molar-refractivity contribution in [2.45, 2.75) is 33.1 Å². The van der Waals surface area contributed by atoms with Crippen LogP contribution in [-0.4, -0.2) is 24.9 Å². The summed E-state index contributed by atoms with van der Waals surface area (Å²) in [5, 5.41) is 13.2. The Kier molecular flexibility index (Phi) is 7.44. The zero-order valence-electron chi connectivity index (χ0n) is 15.9. The second-order valence-corrected chi connectivity index (χ2v) is 5.92. The molecule has 1 aromatic heterocycles. The summed E-state index contributed by atoms with van der Waals surface area (Å²) in [6, 6.07) is 7.50. The number of benzene rings is 1. The van der Waals surface area contributed by atoms with Gasteiger partial charge in [-0.05, 0) is 37.1 Å². The number of hydrogen-bond donors (Lipinski definition) is 1. The standard InChI is InChI=1S/C20H24N4O3/c1-5-6-7-10-26-17-9-8-15(11-18(17)25-4)13-22-24-20-16(12-21)23-19(27-20)14(2)3/h8-9,11,13,24H,2,5-7,10H2,1,3-4H3/b22-13+. The molecular formula is C20H24N4O3. The Hall–Kier alpha value is -3.27. The van der Waals surface area contributed by atoms with Crippen LogP contribution in [0.2, 0.25) is 0 Å². The van der Waals surface area contributed by atoms with E-state index in [1.807, 2.05) is 24.3 Å². The molecule has 0 saturated carbocycles. The molecule has 0 aliphatic heterocycles. The van der Waals surface area contributed by atoms with E-state index in [4.69, 9.17) is 19.2 Å². The molecule has 0 fully saturated rings. The van der Waals surface area contributed by atoms with Crippen LogP contribution in [0.3, 0.4) is 0 Å². The predicted molar refractivity (Wildman–Crippen MR) is 105 cm³/mol. The highest BCUT2D eigenvalue weighted by molar-refractivity contribution is 5.81. The average Bonchev–Trinajstić information content (AvgIpc) is 3.09. The van der Waals surface area contributed by atoms with Crippen LogP contribution in [0, 0.1) is 11.3 Å². The third kappa shape index (κ3) is 5.61. The Bertz CT molecular complexity index is 849. The highest BCUT2D eigenvalue weighted by Crippen LogP contribution is 2.28. The number of hydrazone groups is 1. The summed E-state index contributed by atoms with van der Waals surface area (Å²) in [5.74, 6) is 1.81. The molecule has 7 heteroatoms. The van der Waals surface area contributed by atoms with Gasteiger partial charge in [-0.25, -0.2) is 5.43 Å². The quantitative estimate of drug-likeness (QED) is 0.374. The fourth-order valence-electron chi connectivity index (χ4n) is 2.24. The first-order valence-corrected chi connectivity index (χ1v) is 8.75. The normalized spacial score (nSPS) is 10.6. The molecule has 0 atom stereocenters. The Balaban J connectivity index is 2.04. The second-order valence-electron chi connectivity index (χ2n) is 5.92. The van der Waals surface area contributed by atoms with E-state index in [-0.39, 0.29) is 11.6 Å². The van der Waals surface area contributed by atoms with Gasteiger partial charge in [-0.1, -0.05) is 26.3 Å². The third-order valence-corrected chi connectivity index (χ3v) is 3.67. The molecule has 2 aromatic rings. The number of aromatic nitrogens is 1. The summed E-state index contributed by atoms with van der Waals surface area (Å²) >= 11 is 0. The highest BCUT2D eigenvalue weighted by Gasteiger charge is 2.12. The van der Waals surface area contributed by atoms with Crippen LogP contribution in [0.1, 0.15) is 50.3 Å². The zero-order valence-corrected chi connectivity index (χ0v) is 15.9. The average molecular weight is 368 g/mol. The molecule has 0 aliphatic rings. The van der Waals surface area contributed by atoms with Gasteiger partial charge in [-0.2, -0.15) is 15.3 Å². The van der Waals surface area contributed by atoms with Crippen LogP contribution >= 0.6 is 0 Å². The molecule has 1 N–H and O–H groups in total. The Morgan fingerprint density at radius 1 is 1.41 bits per heavy atom. The van der Waals surface area contributed by atoms with Crippen molar-refractivity contribution >= 4 is 17.7 Å². The first kappa shape index (κ1) is 20.0. The van der Waals surface area contributed by atoms with E-state index >= 15 is 0 Å². The van der Waals surface area contributed by atoms with Crippen molar-refractivity contribution in [1.29, 1.82) is 5.26 Å². The van der Waals surface area contributed by atoms with E-state index in [0.29, 0.717) is 29.6 Å². The smallest absolute Gasteiger partial charge is 0.252 e. The lowest BCUT2D eigenvalue weighted by molar-refractivity contribution is 0.286. The minimum absolute atomic E-state index is 0.124. The van der Waals surface area contributed by atoms with E-state index in [0.717, 1.165) is 24.8 Å². The van der Waals surface area contributed by atoms with Crippen molar-refractivity contribution in [1.82, 2.24) is 4.98 Å². The van der Waals surface area contributed by atoms with Crippen LogP contribution in [0.25, 0.3) is 5.57 Å². The molecule has 1 aromatic carbocycles. The third-order valence-electron chi connectivity index (χ3n) is 3.67. The van der Waals surface area contributed by atoms with Gasteiger partial charge < -0.3 is 13.9 Å². The molecule has 0 bridgehead atoms. The van der Waals surface area contributed by atoms with Crippen molar-refractivity contribution in [3.05, 3.63) is 41.9 Å². The van der Waals surface area contributed by atoms with Crippen LogP contribution in [0.5, 0.6) is 11.5 Å². The molecule has 0 spiro atoms. The van der Waals surface area contributed by atoms with Crippen molar-refractivity contribution in [2.24, 2.45) is 5.10 Å². The van der Waals surface area contributed by atoms with Gasteiger partial charge in [0.05, 0.1) is 19.9 Å². The summed E-state index contributed by atoms with van der Waals surface area (Å²) in [6.45, 7) is 8.30. The Morgan fingerprint density at radius 3 is 2.89 bits per heavy atom. The number of anilines is 1. The summed E-state index contributed by atoms with van der Waals surface area (Å²) in [5.41, 5.74) is 4.25. The van der Waals surface area contributed by atoms with Crippen molar-refractivity contribution < 1.29 is 13.9 Å². The highest BCUT2D eigenvalue weighted by atomic mass is 16.5. The lowest BCUT2D eigenvalue weighted by Crippen LogP contribution is -2.00. The van der Waals surface area contributed by atoms with E-state index < -0.39 is 0 Å². The molecule has 0 amide bonds. The molecule has 2 rings (SSSR count). The SMILES string of the molecule is C=C(C)c1nc(C#N)c(N/N=C/c2ccc(OCCCCC)c(OC)c2)o1. The molecule has 1 heterocycles. The number of nitrogens with zero attached hydrogens (tertiary/aromatic N) is 3. The molecule has 27 heavy (non-hydrogen) atoms. The predicted octanol–water partition coefficient (Wildman–Crippen LogP) is 4.60. The number of methoxy groups -OCH3 is 1. The van der Waals surface area contributed by atoms with Gasteiger partial charge in [0.2, 0.25) is 11.6 Å². The molecule has 0 radical (unpaired) electrons. The summed E-state index contributed by atoms with van der Waals surface area (Å²) < 4.78 is 16.6. The number of oxazole rings is 1. The minimum atomic E-state index is 0.124. The van der Waals surface area contributed by atoms with Gasteiger partial charge >= 0.3 is 0 Å². The van der Waals surface area contributed by atoms with Gasteiger partial charge in [-0.3, -0.25) is 0 Å². The molecular weight excluding hydrogens is 344 g/mol. The van der Waals surface area contributed by atoms with E-state index in [1.54, 1.807) is 20.2 Å². The molecule has 0 unspecified atom stereocenters. The molecule has 0 aliphatic carbocycles. The van der Waals surface area contributed by atoms with Crippen LogP contribution in [-0.2, 0) is 0 Å². The van der Waals surface area contributed by atoms with Crippen LogP contribution in [0.15, 0.2) is 34.3 Å². The number of allylic oxidation sites excluding steroid dienone is 1. The van der Waals surface area contributed by atoms with Crippen LogP contribution in [0.4, 0.5) is 5.88 Å². The number of ether oxygens (including phenoxy) is 2. The topological polar surface area (TPSA) is 92.7 Å². The minimum Gasteiger partial charge on any atom is -0.493 e. The van der Waals surface area contributed by atoms with Crippen LogP contribution < -0.4 is 14.9 Å². The van der Waals surface area contributed by atoms with E-state index in [9.17, 15) is 0 Å². The Labute approximate surface area is 159 Å². The number of nitriles is 1. The van der Waals surface area contributed by atoms with E-state index in [2.05, 4.69) is 29.0 Å². The summed E-state index contributed by atoms with van der Waals surface area (Å²) in [7, 11) is 1.60. The number of nitrogens with one attached hydrogen (secondary N) is 1. The maximum atomic E-state index is 9.11. The van der Waals surface area contributed by atoms with Gasteiger partial charge in [-0.15, -0.1) is 0 Å². The fraction of sp³-hybridized carbons (Fsp3) is 0.350. The van der Waals surface area contributed by atoms with Gasteiger partial charge in [0.25, 0.3) is 5.88 Å². The van der Waals surface area contributed by atoms with Crippen molar-refractivity contribution in [3.8, 4) is 17.6 Å². The number of rotatable bonds is 10. The van der Waals surface area contributed by atoms with Gasteiger partial charge in [0.15, 0.2) is 11.5 Å². The maximum absolute atomic E-state index is 9.11. The van der Waals surface area contributed by atoms with Crippen molar-refractivity contribution in [2.75, 3.05) is 19.1 Å². The maximum Gasteiger partial charge on any atom is 0.252 e. The second kappa shape index (κ2) is 10.0. The molecule has 7 nitrogen and oxygen atoms in total. The largest absolute Gasteiger partial charge is 0.493 e. The first-order chi connectivity index (χ1) is 13.1. The van der Waals surface area contributed by atoms with Gasteiger partial charge in [0, 0.05) is 5.57 Å². The van der Waals surface area contributed by atoms with E-state index in [1.165, 1.54) is 0 Å². The fourth-order valence-corrected chi connectivity index (χ4v) is 2.24. The monoisotopic (exact) mass is 368 g/mol. The first-order valence-electron chi connectivity index (χ1n) is 8.75. The zero-order chi connectivity index (χ0) is 19.6. The van der Waals surface area contributed by atoms with Gasteiger partial charge in [0.1, 0.15) is 6.07 Å². The number of hydrogen-bond acceptors (Lipinski definition) is 7. The molecule has 142 valence electrons. The number of unbranched alkanes of at least 4 members (excludes halogenated alkanes) is 2.